The van der Waals surface area contributed by atoms with Gasteiger partial charge < -0.3 is 15.0 Å². The van der Waals surface area contributed by atoms with E-state index in [0.717, 1.165) is 30.6 Å². The van der Waals surface area contributed by atoms with Crippen LogP contribution in [0.15, 0.2) is 30.3 Å². The number of ether oxygens (including phenoxy) is 1. The van der Waals surface area contributed by atoms with Gasteiger partial charge in [0.05, 0.1) is 0 Å². The maximum Gasteiger partial charge on any atom is 0.326 e. The molecule has 1 aromatic rings. The molecule has 0 aromatic heterocycles. The highest BCUT2D eigenvalue weighted by molar-refractivity contribution is 6.08. The maximum atomic E-state index is 13.2. The summed E-state index contributed by atoms with van der Waals surface area (Å²) in [6, 6.07) is 9.77. The lowest BCUT2D eigenvalue weighted by atomic mass is 9.64. The normalized spacial score (nSPS) is 26.7. The smallest absolute Gasteiger partial charge is 0.326 e. The molecule has 2 unspecified atom stereocenters. The first-order valence-electron chi connectivity index (χ1n) is 12.7. The number of carbonyl (C=O) groups is 4. The van der Waals surface area contributed by atoms with Gasteiger partial charge in [-0.2, -0.15) is 0 Å². The molecule has 0 bridgehead atoms. The molecular weight excluding hydrogens is 446 g/mol. The molecule has 3 aliphatic rings. The third-order valence-corrected chi connectivity index (χ3v) is 7.60. The number of nitrogens with zero attached hydrogens (tertiary/aromatic N) is 2. The molecule has 3 fully saturated rings. The number of hydrogen-bond donors (Lipinski definition) is 1. The van der Waals surface area contributed by atoms with Gasteiger partial charge in [0.15, 0.2) is 6.61 Å². The lowest BCUT2D eigenvalue weighted by Gasteiger charge is -2.43. The average Bonchev–Trinajstić information content (AvgIpc) is 3.00. The van der Waals surface area contributed by atoms with Crippen molar-refractivity contribution in [3.05, 3.63) is 35.9 Å². The summed E-state index contributed by atoms with van der Waals surface area (Å²) in [4.78, 5) is 53.4. The second-order valence-electron chi connectivity index (χ2n) is 11.4. The minimum Gasteiger partial charge on any atom is -0.454 e. The summed E-state index contributed by atoms with van der Waals surface area (Å²) >= 11 is 0. The van der Waals surface area contributed by atoms with E-state index >= 15 is 0 Å². The van der Waals surface area contributed by atoms with Crippen LogP contribution in [0.3, 0.4) is 0 Å². The zero-order valence-corrected chi connectivity index (χ0v) is 21.0. The summed E-state index contributed by atoms with van der Waals surface area (Å²) in [5, 5.41) is 2.85. The second-order valence-corrected chi connectivity index (χ2v) is 11.4. The van der Waals surface area contributed by atoms with E-state index in [1.165, 1.54) is 5.56 Å². The summed E-state index contributed by atoms with van der Waals surface area (Å²) in [5.41, 5.74) is 0.260. The zero-order chi connectivity index (χ0) is 25.2. The first-order valence-corrected chi connectivity index (χ1v) is 12.7. The number of hydrogen-bond acceptors (Lipinski definition) is 5. The van der Waals surface area contributed by atoms with Crippen molar-refractivity contribution in [1.82, 2.24) is 15.1 Å². The highest BCUT2D eigenvalue weighted by atomic mass is 16.5. The van der Waals surface area contributed by atoms with Crippen molar-refractivity contribution in [3.8, 4) is 0 Å². The number of nitrogens with one attached hydrogen (secondary N) is 1. The maximum absolute atomic E-state index is 13.2. The molecule has 1 N–H and O–H groups in total. The fourth-order valence-electron chi connectivity index (χ4n) is 6.39. The predicted octanol–water partition coefficient (Wildman–Crippen LogP) is 3.15. The fraction of sp³-hybridized carbons (Fsp3) is 0.630. The average molecular weight is 484 g/mol. The number of amides is 4. The molecule has 4 amide bonds. The number of rotatable bonds is 6. The molecule has 2 atom stereocenters. The molecule has 1 saturated carbocycles. The molecule has 0 radical (unpaired) electrons. The van der Waals surface area contributed by atoms with Crippen LogP contribution in [0.25, 0.3) is 0 Å². The Hall–Kier alpha value is -2.90. The van der Waals surface area contributed by atoms with Crippen LogP contribution in [-0.2, 0) is 25.5 Å². The molecule has 2 heterocycles. The van der Waals surface area contributed by atoms with E-state index in [9.17, 15) is 19.2 Å². The van der Waals surface area contributed by atoms with Gasteiger partial charge in [-0.1, -0.05) is 51.1 Å². The van der Waals surface area contributed by atoms with Crippen molar-refractivity contribution in [3.63, 3.8) is 0 Å². The van der Waals surface area contributed by atoms with Crippen molar-refractivity contribution in [2.75, 3.05) is 26.2 Å². The Kier molecular flexibility index (Phi) is 7.20. The lowest BCUT2D eigenvalue weighted by Crippen LogP contribution is -2.54. The SMILES string of the molecule is CC1CC(C)(C)CC2(C1)NC(=O)N(CC(=O)OCC(=O)N1CCC(Cc3ccccc3)CC1)C2=O. The standard InChI is InChI=1S/C27H37N3O5/c1-19-14-26(2,3)18-27(15-19)24(33)30(25(34)28-27)16-23(32)35-17-22(31)29-11-9-21(10-12-29)13-20-7-5-4-6-8-20/h4-8,19,21H,9-18H2,1-3H3,(H,28,34). The van der Waals surface area contributed by atoms with E-state index in [0.29, 0.717) is 31.8 Å². The summed E-state index contributed by atoms with van der Waals surface area (Å²) in [7, 11) is 0. The molecule has 8 nitrogen and oxygen atoms in total. The van der Waals surface area contributed by atoms with E-state index in [-0.39, 0.29) is 29.8 Å². The summed E-state index contributed by atoms with van der Waals surface area (Å²) < 4.78 is 5.17. The van der Waals surface area contributed by atoms with E-state index in [4.69, 9.17) is 4.74 Å². The van der Waals surface area contributed by atoms with Crippen LogP contribution in [-0.4, -0.2) is 65.4 Å². The van der Waals surface area contributed by atoms with Crippen molar-refractivity contribution in [2.24, 2.45) is 17.3 Å². The van der Waals surface area contributed by atoms with Crippen LogP contribution in [0.4, 0.5) is 4.79 Å². The predicted molar refractivity (Wildman–Crippen MR) is 130 cm³/mol. The van der Waals surface area contributed by atoms with Crippen LogP contribution in [0.1, 0.15) is 58.4 Å². The van der Waals surface area contributed by atoms with Crippen molar-refractivity contribution in [1.29, 1.82) is 0 Å². The van der Waals surface area contributed by atoms with Gasteiger partial charge in [-0.05, 0) is 61.3 Å². The molecule has 190 valence electrons. The van der Waals surface area contributed by atoms with Crippen molar-refractivity contribution >= 4 is 23.8 Å². The summed E-state index contributed by atoms with van der Waals surface area (Å²) in [6.07, 6.45) is 4.90. The Morgan fingerprint density at radius 1 is 1.09 bits per heavy atom. The molecular formula is C27H37N3O5. The Morgan fingerprint density at radius 2 is 1.77 bits per heavy atom. The van der Waals surface area contributed by atoms with Crippen LogP contribution in [0.5, 0.6) is 0 Å². The highest BCUT2D eigenvalue weighted by Crippen LogP contribution is 2.46. The first kappa shape index (κ1) is 25.2. The quantitative estimate of drug-likeness (QED) is 0.495. The van der Waals surface area contributed by atoms with Gasteiger partial charge >= 0.3 is 12.0 Å². The van der Waals surface area contributed by atoms with E-state index in [1.54, 1.807) is 4.90 Å². The topological polar surface area (TPSA) is 96.0 Å². The van der Waals surface area contributed by atoms with Gasteiger partial charge in [0.1, 0.15) is 12.1 Å². The molecule has 1 aliphatic carbocycles. The summed E-state index contributed by atoms with van der Waals surface area (Å²) in [6.45, 7) is 6.69. The number of likely N-dealkylation sites (tertiary alicyclic amines) is 1. The van der Waals surface area contributed by atoms with Gasteiger partial charge in [-0.3, -0.25) is 19.3 Å². The van der Waals surface area contributed by atoms with E-state index in [1.807, 2.05) is 18.2 Å². The molecule has 35 heavy (non-hydrogen) atoms. The lowest BCUT2D eigenvalue weighted by molar-refractivity contribution is -0.154. The Morgan fingerprint density at radius 3 is 2.43 bits per heavy atom. The molecule has 2 aliphatic heterocycles. The number of imide groups is 1. The third kappa shape index (κ3) is 5.85. The minimum atomic E-state index is -0.960. The van der Waals surface area contributed by atoms with Gasteiger partial charge in [0.25, 0.3) is 11.8 Å². The first-order chi connectivity index (χ1) is 16.6. The van der Waals surface area contributed by atoms with E-state index < -0.39 is 24.1 Å². The third-order valence-electron chi connectivity index (χ3n) is 7.60. The fourth-order valence-corrected chi connectivity index (χ4v) is 6.39. The van der Waals surface area contributed by atoms with Crippen LogP contribution >= 0.6 is 0 Å². The minimum absolute atomic E-state index is 0.0852. The van der Waals surface area contributed by atoms with Gasteiger partial charge in [0.2, 0.25) is 0 Å². The molecule has 4 rings (SSSR count). The molecule has 1 aromatic carbocycles. The van der Waals surface area contributed by atoms with Gasteiger partial charge in [-0.25, -0.2) is 4.79 Å². The zero-order valence-electron chi connectivity index (χ0n) is 21.0. The molecule has 8 heteroatoms. The van der Waals surface area contributed by atoms with Crippen molar-refractivity contribution < 1.29 is 23.9 Å². The monoisotopic (exact) mass is 483 g/mol. The summed E-state index contributed by atoms with van der Waals surface area (Å²) in [5.74, 6) is -0.548. The number of esters is 1. The van der Waals surface area contributed by atoms with Crippen LogP contribution in [0, 0.1) is 17.3 Å². The van der Waals surface area contributed by atoms with Gasteiger partial charge in [-0.15, -0.1) is 0 Å². The highest BCUT2D eigenvalue weighted by Gasteiger charge is 2.56. The number of urea groups is 1. The number of carbonyl (C=O) groups excluding carboxylic acids is 4. The van der Waals surface area contributed by atoms with E-state index in [2.05, 4.69) is 38.2 Å². The number of benzene rings is 1. The van der Waals surface area contributed by atoms with Gasteiger partial charge in [0, 0.05) is 13.1 Å². The Labute approximate surface area is 207 Å². The Bertz CT molecular complexity index is 970. The largest absolute Gasteiger partial charge is 0.454 e. The second kappa shape index (κ2) is 9.99. The van der Waals surface area contributed by atoms with Crippen LogP contribution < -0.4 is 5.32 Å². The molecule has 1 spiro atoms. The van der Waals surface area contributed by atoms with Crippen molar-refractivity contribution in [2.45, 2.75) is 64.8 Å². The van der Waals surface area contributed by atoms with Crippen LogP contribution in [0.2, 0.25) is 0 Å². The molecule has 2 saturated heterocycles. The number of piperidine rings is 1. The Balaban J connectivity index is 1.23.